The number of anilines is 1. The lowest BCUT2D eigenvalue weighted by molar-refractivity contribution is 0.206. The molecule has 0 radical (unpaired) electrons. The van der Waals surface area contributed by atoms with E-state index in [4.69, 9.17) is 9.15 Å². The highest BCUT2D eigenvalue weighted by Crippen LogP contribution is 2.41. The monoisotopic (exact) mass is 405 g/mol. The van der Waals surface area contributed by atoms with E-state index in [-0.39, 0.29) is 0 Å². The van der Waals surface area contributed by atoms with E-state index in [1.165, 1.54) is 0 Å². The van der Waals surface area contributed by atoms with Crippen molar-refractivity contribution in [1.29, 1.82) is 0 Å². The van der Waals surface area contributed by atoms with E-state index >= 15 is 0 Å². The molecule has 0 atom stereocenters. The summed E-state index contributed by atoms with van der Waals surface area (Å²) in [6.07, 6.45) is 1.79. The van der Waals surface area contributed by atoms with Crippen molar-refractivity contribution in [3.63, 3.8) is 0 Å². The topological polar surface area (TPSA) is 54.3 Å². The molecule has 4 rings (SSSR count). The molecule has 24 heavy (non-hydrogen) atoms. The molecular weight excluding hydrogens is 390 g/mol. The van der Waals surface area contributed by atoms with Gasteiger partial charge in [0.15, 0.2) is 0 Å². The van der Waals surface area contributed by atoms with Crippen LogP contribution in [0.25, 0.3) is 33.5 Å². The van der Waals surface area contributed by atoms with Gasteiger partial charge in [-0.2, -0.15) is 5.10 Å². The third-order valence-corrected chi connectivity index (χ3v) is 5.60. The maximum atomic E-state index is 5.97. The number of halogens is 1. The summed E-state index contributed by atoms with van der Waals surface area (Å²) >= 11 is 5.16. The molecule has 0 spiro atoms. The molecule has 0 bridgehead atoms. The van der Waals surface area contributed by atoms with E-state index in [9.17, 15) is 0 Å². The number of aromatic nitrogens is 2. The summed E-state index contributed by atoms with van der Waals surface area (Å²) in [4.78, 5) is 2.11. The molecule has 0 unspecified atom stereocenters. The van der Waals surface area contributed by atoms with E-state index < -0.39 is 0 Å². The highest BCUT2D eigenvalue weighted by atomic mass is 79.9. The molecule has 0 amide bonds. The standard InChI is InChI=1S/C17H16BrN3O2S/c1-21(3-4-22-2)12-5-10-6-13-15(17(10)23-8-12)16(20-19-13)11-7-14(18)24-9-11/h5-9,19H,3-4H2,1-2H3. The summed E-state index contributed by atoms with van der Waals surface area (Å²) in [5.74, 6) is 0.861. The number of thiophene rings is 1. The summed E-state index contributed by atoms with van der Waals surface area (Å²) in [6, 6.07) is 6.29. The summed E-state index contributed by atoms with van der Waals surface area (Å²) in [5, 5.41) is 10.7. The third kappa shape index (κ3) is 2.62. The molecule has 1 aliphatic heterocycles. The van der Waals surface area contributed by atoms with E-state index in [0.717, 1.165) is 49.5 Å². The first-order valence-electron chi connectivity index (χ1n) is 7.51. The average molecular weight is 406 g/mol. The van der Waals surface area contributed by atoms with Crippen molar-refractivity contribution in [2.24, 2.45) is 0 Å². The van der Waals surface area contributed by atoms with Crippen LogP contribution in [-0.2, 0) is 4.74 Å². The molecule has 124 valence electrons. The average Bonchev–Trinajstić information content (AvgIpc) is 3.26. The van der Waals surface area contributed by atoms with Crippen molar-refractivity contribution in [1.82, 2.24) is 10.2 Å². The molecule has 0 aromatic carbocycles. The van der Waals surface area contributed by atoms with Gasteiger partial charge in [-0.15, -0.1) is 11.3 Å². The Kier molecular flexibility index (Phi) is 4.07. The van der Waals surface area contributed by atoms with Crippen LogP contribution in [0.1, 0.15) is 0 Å². The number of fused-ring (bicyclic) bond motifs is 3. The van der Waals surface area contributed by atoms with Crippen molar-refractivity contribution in [2.75, 3.05) is 32.2 Å². The van der Waals surface area contributed by atoms with Crippen molar-refractivity contribution in [3.8, 4) is 22.6 Å². The van der Waals surface area contributed by atoms with Crippen molar-refractivity contribution in [3.05, 3.63) is 33.6 Å². The lowest BCUT2D eigenvalue weighted by Crippen LogP contribution is -2.21. The van der Waals surface area contributed by atoms with Gasteiger partial charge in [0.1, 0.15) is 17.7 Å². The van der Waals surface area contributed by atoms with Crippen LogP contribution in [0.3, 0.4) is 0 Å². The van der Waals surface area contributed by atoms with Crippen molar-refractivity contribution < 1.29 is 9.15 Å². The van der Waals surface area contributed by atoms with Crippen LogP contribution < -0.4 is 4.90 Å². The number of H-pyrrole nitrogens is 1. The molecule has 3 heterocycles. The summed E-state index contributed by atoms with van der Waals surface area (Å²) in [5.41, 5.74) is 5.09. The number of nitrogens with one attached hydrogen (secondary N) is 1. The second kappa shape index (κ2) is 6.23. The fraction of sp³-hybridized carbons (Fsp3) is 0.235. The minimum atomic E-state index is 0.678. The number of nitrogens with zero attached hydrogens (tertiary/aromatic N) is 2. The zero-order valence-corrected chi connectivity index (χ0v) is 15.7. The molecule has 0 saturated carbocycles. The first kappa shape index (κ1) is 15.7. The Bertz CT molecular complexity index is 958. The molecule has 2 aliphatic rings. The van der Waals surface area contributed by atoms with Crippen molar-refractivity contribution in [2.45, 2.75) is 0 Å². The maximum Gasteiger partial charge on any atom is 0.145 e. The summed E-state index contributed by atoms with van der Waals surface area (Å²) in [7, 11) is 3.73. The molecule has 1 N–H and O–H groups in total. The number of hydrogen-bond acceptors (Lipinski definition) is 5. The van der Waals surface area contributed by atoms with Gasteiger partial charge in [0, 0.05) is 37.2 Å². The lowest BCUT2D eigenvalue weighted by Gasteiger charge is -2.18. The Morgan fingerprint density at radius 3 is 2.96 bits per heavy atom. The third-order valence-electron chi connectivity index (χ3n) is 4.10. The number of aromatic amines is 1. The Hall–Kier alpha value is -1.83. The highest BCUT2D eigenvalue weighted by molar-refractivity contribution is 9.11. The van der Waals surface area contributed by atoms with Crippen LogP contribution in [0.5, 0.6) is 0 Å². The molecule has 0 fully saturated rings. The molecule has 7 heteroatoms. The van der Waals surface area contributed by atoms with E-state index in [1.807, 2.05) is 7.05 Å². The number of likely N-dealkylation sites (N-methyl/N-ethyl adjacent to an activating group) is 1. The number of hydrogen-bond donors (Lipinski definition) is 1. The van der Waals surface area contributed by atoms with Crippen LogP contribution in [0.2, 0.25) is 0 Å². The molecule has 2 aromatic heterocycles. The molecule has 0 saturated heterocycles. The van der Waals surface area contributed by atoms with Gasteiger partial charge in [0.05, 0.1) is 27.0 Å². The normalized spacial score (nSPS) is 11.6. The largest absolute Gasteiger partial charge is 0.461 e. The fourth-order valence-electron chi connectivity index (χ4n) is 2.80. The Labute approximate surface area is 151 Å². The van der Waals surface area contributed by atoms with Gasteiger partial charge in [0.2, 0.25) is 0 Å². The van der Waals surface area contributed by atoms with Gasteiger partial charge in [-0.1, -0.05) is 0 Å². The predicted octanol–water partition coefficient (Wildman–Crippen LogP) is 4.83. The van der Waals surface area contributed by atoms with Gasteiger partial charge < -0.3 is 14.1 Å². The first-order chi connectivity index (χ1) is 11.7. The molecule has 5 nitrogen and oxygen atoms in total. The molecule has 1 aliphatic carbocycles. The maximum absolute atomic E-state index is 5.97. The second-order valence-electron chi connectivity index (χ2n) is 5.65. The van der Waals surface area contributed by atoms with Gasteiger partial charge in [-0.25, -0.2) is 0 Å². The van der Waals surface area contributed by atoms with Crippen molar-refractivity contribution >= 4 is 43.9 Å². The van der Waals surface area contributed by atoms with Crippen LogP contribution in [0, 0.1) is 0 Å². The minimum Gasteiger partial charge on any atom is -0.461 e. The van der Waals surface area contributed by atoms with Gasteiger partial charge in [0.25, 0.3) is 0 Å². The predicted molar refractivity (Wildman–Crippen MR) is 101 cm³/mol. The Balaban J connectivity index is 1.78. The zero-order valence-electron chi connectivity index (χ0n) is 13.3. The van der Waals surface area contributed by atoms with E-state index in [0.29, 0.717) is 6.61 Å². The fourth-order valence-corrected chi connectivity index (χ4v) is 3.94. The number of rotatable bonds is 5. The lowest BCUT2D eigenvalue weighted by atomic mass is 10.1. The minimum absolute atomic E-state index is 0.678. The van der Waals surface area contributed by atoms with Gasteiger partial charge in [-0.05, 0) is 34.1 Å². The first-order valence-corrected chi connectivity index (χ1v) is 9.18. The molecular formula is C17H16BrN3O2S. The van der Waals surface area contributed by atoms with E-state index in [2.05, 4.69) is 54.6 Å². The van der Waals surface area contributed by atoms with Crippen LogP contribution in [-0.4, -0.2) is 37.5 Å². The van der Waals surface area contributed by atoms with Gasteiger partial charge >= 0.3 is 0 Å². The second-order valence-corrected chi connectivity index (χ2v) is 7.94. The van der Waals surface area contributed by atoms with Crippen LogP contribution in [0.4, 0.5) is 5.69 Å². The number of methoxy groups -OCH3 is 1. The van der Waals surface area contributed by atoms with E-state index in [1.54, 1.807) is 24.7 Å². The highest BCUT2D eigenvalue weighted by Gasteiger charge is 2.21. The zero-order chi connectivity index (χ0) is 16.7. The Morgan fingerprint density at radius 2 is 2.21 bits per heavy atom. The number of ether oxygens (including phenoxy) is 1. The molecule has 2 aromatic rings. The SMILES string of the molecule is COCCN(C)c1coc2c3c(-c4csc(Br)c4)n[nH]c3cc-2c1. The van der Waals surface area contributed by atoms with Gasteiger partial charge in [-0.3, -0.25) is 5.10 Å². The van der Waals surface area contributed by atoms with Crippen LogP contribution >= 0.6 is 27.3 Å². The quantitative estimate of drug-likeness (QED) is 0.516. The summed E-state index contributed by atoms with van der Waals surface area (Å²) in [6.45, 7) is 1.49. The summed E-state index contributed by atoms with van der Waals surface area (Å²) < 4.78 is 12.2. The Morgan fingerprint density at radius 1 is 1.33 bits per heavy atom. The van der Waals surface area contributed by atoms with Crippen LogP contribution in [0.15, 0.2) is 38.0 Å². The smallest absolute Gasteiger partial charge is 0.145 e.